The Morgan fingerprint density at radius 2 is 2.17 bits per heavy atom. The molecule has 0 heterocycles. The molecule has 0 saturated carbocycles. The van der Waals surface area contributed by atoms with E-state index in [1.54, 1.807) is 6.92 Å². The zero-order valence-corrected chi connectivity index (χ0v) is 7.80. The van der Waals surface area contributed by atoms with Crippen molar-refractivity contribution in [2.24, 2.45) is 11.5 Å². The normalized spacial score (nSPS) is 15.6. The number of carbonyl (C=O) groups excluding carboxylic acids is 1. The van der Waals surface area contributed by atoms with Crippen LogP contribution in [0.25, 0.3) is 0 Å². The molecule has 0 aromatic carbocycles. The fraction of sp³-hybridized carbons (Fsp3) is 0.875. The fourth-order valence-electron chi connectivity index (χ4n) is 0.602. The van der Waals surface area contributed by atoms with Crippen molar-refractivity contribution in [2.75, 3.05) is 13.2 Å². The summed E-state index contributed by atoms with van der Waals surface area (Å²) in [6.45, 7) is 4.47. The standard InChI is InChI=1S/C8H18N2O2/c1-3-4-5-12-6-8(2,10)7(9)11/h3-6,10H2,1-2H3,(H2,9,11). The number of hydrogen-bond donors (Lipinski definition) is 2. The van der Waals surface area contributed by atoms with E-state index in [4.69, 9.17) is 16.2 Å². The Bertz CT molecular complexity index is 146. The number of primary amides is 1. The molecule has 0 aliphatic carbocycles. The van der Waals surface area contributed by atoms with Crippen LogP contribution in [0.15, 0.2) is 0 Å². The Labute approximate surface area is 73.2 Å². The third-order valence-electron chi connectivity index (χ3n) is 1.61. The predicted octanol–water partition coefficient (Wildman–Crippen LogP) is 0.00580. The third-order valence-corrected chi connectivity index (χ3v) is 1.61. The van der Waals surface area contributed by atoms with Crippen LogP contribution in [-0.4, -0.2) is 24.7 Å². The van der Waals surface area contributed by atoms with Crippen molar-refractivity contribution >= 4 is 5.91 Å². The molecule has 1 unspecified atom stereocenters. The molecule has 0 aliphatic rings. The number of unbranched alkanes of at least 4 members (excludes halogenated alkanes) is 1. The van der Waals surface area contributed by atoms with Gasteiger partial charge in [-0.15, -0.1) is 0 Å². The summed E-state index contributed by atoms with van der Waals surface area (Å²) >= 11 is 0. The summed E-state index contributed by atoms with van der Waals surface area (Å²) in [5.74, 6) is -0.529. The molecule has 0 rings (SSSR count). The highest BCUT2D eigenvalue weighted by Crippen LogP contribution is 1.99. The van der Waals surface area contributed by atoms with E-state index >= 15 is 0 Å². The molecule has 0 aliphatic heterocycles. The maximum atomic E-state index is 10.7. The lowest BCUT2D eigenvalue weighted by molar-refractivity contribution is -0.124. The van der Waals surface area contributed by atoms with Gasteiger partial charge in [-0.25, -0.2) is 0 Å². The molecule has 0 bridgehead atoms. The first kappa shape index (κ1) is 11.4. The molecule has 0 aromatic heterocycles. The van der Waals surface area contributed by atoms with E-state index in [1.165, 1.54) is 0 Å². The van der Waals surface area contributed by atoms with Crippen molar-refractivity contribution in [3.63, 3.8) is 0 Å². The van der Waals surface area contributed by atoms with Crippen molar-refractivity contribution in [1.29, 1.82) is 0 Å². The topological polar surface area (TPSA) is 78.3 Å². The molecule has 0 radical (unpaired) electrons. The van der Waals surface area contributed by atoms with Crippen LogP contribution >= 0.6 is 0 Å². The van der Waals surface area contributed by atoms with E-state index in [0.717, 1.165) is 12.8 Å². The molecular formula is C8H18N2O2. The first-order valence-electron chi connectivity index (χ1n) is 4.17. The van der Waals surface area contributed by atoms with Crippen LogP contribution in [0, 0.1) is 0 Å². The van der Waals surface area contributed by atoms with Crippen molar-refractivity contribution in [1.82, 2.24) is 0 Å². The maximum absolute atomic E-state index is 10.7. The van der Waals surface area contributed by atoms with Gasteiger partial charge in [0.15, 0.2) is 0 Å². The summed E-state index contributed by atoms with van der Waals surface area (Å²) in [5.41, 5.74) is 9.55. The molecule has 1 atom stereocenters. The molecular weight excluding hydrogens is 156 g/mol. The van der Waals surface area contributed by atoms with E-state index < -0.39 is 11.4 Å². The zero-order valence-electron chi connectivity index (χ0n) is 7.80. The molecule has 0 saturated heterocycles. The van der Waals surface area contributed by atoms with Gasteiger partial charge in [0.2, 0.25) is 5.91 Å². The molecule has 12 heavy (non-hydrogen) atoms. The second-order valence-corrected chi connectivity index (χ2v) is 3.19. The van der Waals surface area contributed by atoms with Crippen LogP contribution in [-0.2, 0) is 9.53 Å². The van der Waals surface area contributed by atoms with E-state index in [9.17, 15) is 4.79 Å². The monoisotopic (exact) mass is 174 g/mol. The zero-order chi connectivity index (χ0) is 9.61. The summed E-state index contributed by atoms with van der Waals surface area (Å²) in [6.07, 6.45) is 2.05. The van der Waals surface area contributed by atoms with Gasteiger partial charge in [0.25, 0.3) is 0 Å². The van der Waals surface area contributed by atoms with Gasteiger partial charge in [0.1, 0.15) is 5.54 Å². The maximum Gasteiger partial charge on any atom is 0.239 e. The number of amides is 1. The van der Waals surface area contributed by atoms with Gasteiger partial charge in [0, 0.05) is 6.61 Å². The van der Waals surface area contributed by atoms with Crippen molar-refractivity contribution in [2.45, 2.75) is 32.2 Å². The van der Waals surface area contributed by atoms with Gasteiger partial charge in [-0.1, -0.05) is 13.3 Å². The Morgan fingerprint density at radius 3 is 2.58 bits per heavy atom. The number of carbonyl (C=O) groups is 1. The fourth-order valence-corrected chi connectivity index (χ4v) is 0.602. The van der Waals surface area contributed by atoms with Gasteiger partial charge in [-0.2, -0.15) is 0 Å². The van der Waals surface area contributed by atoms with Gasteiger partial charge in [-0.3, -0.25) is 4.79 Å². The molecule has 72 valence electrons. The summed E-state index contributed by atoms with van der Waals surface area (Å²) in [7, 11) is 0. The molecule has 0 aromatic rings. The Kier molecular flexibility index (Phi) is 4.85. The Morgan fingerprint density at radius 1 is 1.58 bits per heavy atom. The van der Waals surface area contributed by atoms with Crippen LogP contribution in [0.3, 0.4) is 0 Å². The van der Waals surface area contributed by atoms with Gasteiger partial charge in [0.05, 0.1) is 6.61 Å². The average molecular weight is 174 g/mol. The summed E-state index contributed by atoms with van der Waals surface area (Å²) < 4.78 is 5.17. The second-order valence-electron chi connectivity index (χ2n) is 3.19. The quantitative estimate of drug-likeness (QED) is 0.556. The average Bonchev–Trinajstić information content (AvgIpc) is 1.98. The summed E-state index contributed by atoms with van der Waals surface area (Å²) in [4.78, 5) is 10.7. The second kappa shape index (κ2) is 5.11. The van der Waals surface area contributed by atoms with Crippen molar-refractivity contribution < 1.29 is 9.53 Å². The Balaban J connectivity index is 3.54. The Hall–Kier alpha value is -0.610. The van der Waals surface area contributed by atoms with Crippen LogP contribution in [0.2, 0.25) is 0 Å². The first-order chi connectivity index (χ1) is 5.50. The lowest BCUT2D eigenvalue weighted by atomic mass is 10.1. The number of rotatable bonds is 6. The lowest BCUT2D eigenvalue weighted by Gasteiger charge is -2.19. The number of hydrogen-bond acceptors (Lipinski definition) is 3. The van der Waals surface area contributed by atoms with Crippen LogP contribution < -0.4 is 11.5 Å². The minimum absolute atomic E-state index is 0.197. The largest absolute Gasteiger partial charge is 0.379 e. The van der Waals surface area contributed by atoms with E-state index in [-0.39, 0.29) is 6.61 Å². The number of ether oxygens (including phenoxy) is 1. The van der Waals surface area contributed by atoms with E-state index in [1.807, 2.05) is 0 Å². The minimum atomic E-state index is -1.03. The predicted molar refractivity (Wildman–Crippen MR) is 47.5 cm³/mol. The smallest absolute Gasteiger partial charge is 0.239 e. The van der Waals surface area contributed by atoms with Crippen molar-refractivity contribution in [3.8, 4) is 0 Å². The van der Waals surface area contributed by atoms with Gasteiger partial charge >= 0.3 is 0 Å². The number of nitrogens with two attached hydrogens (primary N) is 2. The van der Waals surface area contributed by atoms with Gasteiger partial charge in [-0.05, 0) is 13.3 Å². The molecule has 4 nitrogen and oxygen atoms in total. The summed E-state index contributed by atoms with van der Waals surface area (Å²) in [5, 5.41) is 0. The highest BCUT2D eigenvalue weighted by atomic mass is 16.5. The molecule has 4 heteroatoms. The van der Waals surface area contributed by atoms with Crippen LogP contribution in [0.1, 0.15) is 26.7 Å². The SMILES string of the molecule is CCCCOCC(C)(N)C(N)=O. The van der Waals surface area contributed by atoms with Crippen LogP contribution in [0.5, 0.6) is 0 Å². The molecule has 0 spiro atoms. The first-order valence-corrected chi connectivity index (χ1v) is 4.17. The third kappa shape index (κ3) is 4.31. The molecule has 1 amide bonds. The van der Waals surface area contributed by atoms with Gasteiger partial charge < -0.3 is 16.2 Å². The minimum Gasteiger partial charge on any atom is -0.379 e. The highest BCUT2D eigenvalue weighted by molar-refractivity contribution is 5.83. The van der Waals surface area contributed by atoms with E-state index in [0.29, 0.717) is 6.61 Å². The summed E-state index contributed by atoms with van der Waals surface area (Å²) in [6, 6.07) is 0. The highest BCUT2D eigenvalue weighted by Gasteiger charge is 2.25. The van der Waals surface area contributed by atoms with Crippen molar-refractivity contribution in [3.05, 3.63) is 0 Å². The van der Waals surface area contributed by atoms with Crippen LogP contribution in [0.4, 0.5) is 0 Å². The molecule has 0 fully saturated rings. The molecule has 4 N–H and O–H groups in total. The lowest BCUT2D eigenvalue weighted by Crippen LogP contribution is -2.52. The van der Waals surface area contributed by atoms with E-state index in [2.05, 4.69) is 6.92 Å².